The topological polar surface area (TPSA) is 12.0 Å². The molecule has 0 aromatic carbocycles. The van der Waals surface area contributed by atoms with Crippen molar-refractivity contribution in [1.29, 1.82) is 0 Å². The zero-order valence-electron chi connectivity index (χ0n) is 9.23. The number of allylic oxidation sites excluding steroid dienone is 1. The van der Waals surface area contributed by atoms with Crippen molar-refractivity contribution in [3.63, 3.8) is 0 Å². The molecule has 0 bridgehead atoms. The van der Waals surface area contributed by atoms with Gasteiger partial charge in [0.1, 0.15) is 0 Å². The second kappa shape index (κ2) is 6.44. The lowest BCUT2D eigenvalue weighted by molar-refractivity contribution is 0.242. The Hall–Kier alpha value is -0.0100. The van der Waals surface area contributed by atoms with Gasteiger partial charge in [-0.05, 0) is 11.3 Å². The summed E-state index contributed by atoms with van der Waals surface area (Å²) in [6.45, 7) is 11.1. The molecule has 0 heterocycles. The second-order valence-corrected chi connectivity index (χ2v) is 4.71. The van der Waals surface area contributed by atoms with Crippen LogP contribution < -0.4 is 5.32 Å². The van der Waals surface area contributed by atoms with Crippen molar-refractivity contribution in [2.75, 3.05) is 19.0 Å². The molecular weight excluding hydrogens is 182 g/mol. The first-order valence-corrected chi connectivity index (χ1v) is 5.46. The molecule has 0 aliphatic rings. The second-order valence-electron chi connectivity index (χ2n) is 4.40. The average Bonchev–Trinajstić information content (AvgIpc) is 2.03. The third kappa shape index (κ3) is 6.11. The summed E-state index contributed by atoms with van der Waals surface area (Å²) in [4.78, 5) is 0. The van der Waals surface area contributed by atoms with Gasteiger partial charge in [-0.25, -0.2) is 0 Å². The normalized spacial score (nSPS) is 13.1. The molecule has 0 radical (unpaired) electrons. The quantitative estimate of drug-likeness (QED) is 0.398. The molecule has 0 saturated heterocycles. The van der Waals surface area contributed by atoms with Crippen LogP contribution in [-0.2, 0) is 0 Å². The zero-order chi connectivity index (χ0) is 10.3. The van der Waals surface area contributed by atoms with Gasteiger partial charge >= 0.3 is 0 Å². The molecule has 0 aromatic heterocycles. The maximum Gasteiger partial charge on any atom is 0.0404 e. The third-order valence-corrected chi connectivity index (χ3v) is 2.84. The Bertz CT molecular complexity index is 150. The van der Waals surface area contributed by atoms with E-state index in [1.165, 1.54) is 0 Å². The van der Waals surface area contributed by atoms with Gasteiger partial charge in [0.15, 0.2) is 0 Å². The van der Waals surface area contributed by atoms with Gasteiger partial charge in [-0.1, -0.05) is 39.8 Å². The van der Waals surface area contributed by atoms with Gasteiger partial charge in [0.05, 0.1) is 0 Å². The fourth-order valence-electron chi connectivity index (χ4n) is 0.828. The van der Waals surface area contributed by atoms with Crippen LogP contribution in [0.3, 0.4) is 0 Å². The Morgan fingerprint density at radius 1 is 1.31 bits per heavy atom. The summed E-state index contributed by atoms with van der Waals surface area (Å²) >= 11 is 5.51. The monoisotopic (exact) mass is 203 g/mol. The van der Waals surface area contributed by atoms with E-state index in [9.17, 15) is 0 Å². The van der Waals surface area contributed by atoms with Crippen LogP contribution in [0, 0.1) is 11.3 Å². The maximum absolute atomic E-state index is 5.51. The smallest absolute Gasteiger partial charge is 0.0404 e. The van der Waals surface area contributed by atoms with Crippen LogP contribution in [0.15, 0.2) is 12.2 Å². The molecule has 0 amide bonds. The van der Waals surface area contributed by atoms with Crippen LogP contribution in [0.1, 0.15) is 27.7 Å². The number of alkyl halides is 1. The number of hydrogen-bond acceptors (Lipinski definition) is 1. The van der Waals surface area contributed by atoms with E-state index in [1.807, 2.05) is 6.08 Å². The van der Waals surface area contributed by atoms with Crippen molar-refractivity contribution >= 4 is 11.6 Å². The number of rotatable bonds is 6. The lowest BCUT2D eigenvalue weighted by atomic mass is 9.81. The molecular formula is C11H22ClN. The maximum atomic E-state index is 5.51. The molecule has 0 rings (SSSR count). The summed E-state index contributed by atoms with van der Waals surface area (Å²) in [6, 6.07) is 0. The number of halogens is 1. The van der Waals surface area contributed by atoms with E-state index in [1.54, 1.807) is 0 Å². The highest BCUT2D eigenvalue weighted by Gasteiger charge is 2.20. The van der Waals surface area contributed by atoms with E-state index < -0.39 is 0 Å². The van der Waals surface area contributed by atoms with Crippen molar-refractivity contribution in [2.45, 2.75) is 27.7 Å². The lowest BCUT2D eigenvalue weighted by Crippen LogP contribution is -2.33. The van der Waals surface area contributed by atoms with Crippen LogP contribution in [0.5, 0.6) is 0 Å². The van der Waals surface area contributed by atoms with Gasteiger partial charge in [0.2, 0.25) is 0 Å². The standard InChI is InChI=1S/C11H22ClN/c1-10(2)11(3,4)9-13-8-6-5-7-12/h5-6,10,13H,7-9H2,1-4H3/b6-5+. The largest absolute Gasteiger partial charge is 0.313 e. The Balaban J connectivity index is 3.58. The molecule has 0 spiro atoms. The number of hydrogen-bond donors (Lipinski definition) is 1. The van der Waals surface area contributed by atoms with Crippen LogP contribution in [0.4, 0.5) is 0 Å². The van der Waals surface area contributed by atoms with Crippen LogP contribution in [0.2, 0.25) is 0 Å². The first kappa shape index (κ1) is 13.0. The fraction of sp³-hybridized carbons (Fsp3) is 0.818. The van der Waals surface area contributed by atoms with E-state index in [0.717, 1.165) is 13.1 Å². The minimum absolute atomic E-state index is 0.370. The predicted molar refractivity (Wildman–Crippen MR) is 61.3 cm³/mol. The summed E-state index contributed by atoms with van der Waals surface area (Å²) in [5.41, 5.74) is 0.370. The summed E-state index contributed by atoms with van der Waals surface area (Å²) in [6.07, 6.45) is 4.04. The molecule has 1 nitrogen and oxygen atoms in total. The first-order chi connectivity index (χ1) is 6.00. The highest BCUT2D eigenvalue weighted by Crippen LogP contribution is 2.24. The number of nitrogens with one attached hydrogen (secondary N) is 1. The highest BCUT2D eigenvalue weighted by molar-refractivity contribution is 6.18. The van der Waals surface area contributed by atoms with Gasteiger partial charge in [0, 0.05) is 19.0 Å². The van der Waals surface area contributed by atoms with Crippen molar-refractivity contribution < 1.29 is 0 Å². The van der Waals surface area contributed by atoms with Gasteiger partial charge < -0.3 is 5.32 Å². The van der Waals surface area contributed by atoms with E-state index >= 15 is 0 Å². The van der Waals surface area contributed by atoms with E-state index in [4.69, 9.17) is 11.6 Å². The zero-order valence-corrected chi connectivity index (χ0v) is 9.99. The molecule has 0 aromatic rings. The van der Waals surface area contributed by atoms with Crippen molar-refractivity contribution in [3.8, 4) is 0 Å². The van der Waals surface area contributed by atoms with E-state index in [-0.39, 0.29) is 0 Å². The van der Waals surface area contributed by atoms with Crippen LogP contribution >= 0.6 is 11.6 Å². The first-order valence-electron chi connectivity index (χ1n) is 4.92. The van der Waals surface area contributed by atoms with Gasteiger partial charge in [0.25, 0.3) is 0 Å². The summed E-state index contributed by atoms with van der Waals surface area (Å²) in [5.74, 6) is 1.31. The van der Waals surface area contributed by atoms with E-state index in [0.29, 0.717) is 17.2 Å². The van der Waals surface area contributed by atoms with Gasteiger partial charge in [-0.15, -0.1) is 11.6 Å². The van der Waals surface area contributed by atoms with Gasteiger partial charge in [-0.3, -0.25) is 0 Å². The Morgan fingerprint density at radius 2 is 1.92 bits per heavy atom. The lowest BCUT2D eigenvalue weighted by Gasteiger charge is -2.29. The molecule has 0 aliphatic heterocycles. The molecule has 0 fully saturated rings. The average molecular weight is 204 g/mol. The molecule has 0 aliphatic carbocycles. The minimum atomic E-state index is 0.370. The molecule has 2 heteroatoms. The molecule has 0 saturated carbocycles. The highest BCUT2D eigenvalue weighted by atomic mass is 35.5. The predicted octanol–water partition coefficient (Wildman–Crippen LogP) is 3.05. The van der Waals surface area contributed by atoms with Gasteiger partial charge in [-0.2, -0.15) is 0 Å². The Morgan fingerprint density at radius 3 is 2.38 bits per heavy atom. The van der Waals surface area contributed by atoms with Crippen LogP contribution in [0.25, 0.3) is 0 Å². The summed E-state index contributed by atoms with van der Waals surface area (Å²) in [5, 5.41) is 3.40. The summed E-state index contributed by atoms with van der Waals surface area (Å²) in [7, 11) is 0. The molecule has 78 valence electrons. The SMILES string of the molecule is CC(C)C(C)(C)CNC/C=C/CCl. The van der Waals surface area contributed by atoms with Crippen molar-refractivity contribution in [1.82, 2.24) is 5.32 Å². The Kier molecular flexibility index (Phi) is 6.44. The van der Waals surface area contributed by atoms with Crippen LogP contribution in [-0.4, -0.2) is 19.0 Å². The van der Waals surface area contributed by atoms with Crippen molar-refractivity contribution in [3.05, 3.63) is 12.2 Å². The minimum Gasteiger partial charge on any atom is -0.313 e. The molecule has 13 heavy (non-hydrogen) atoms. The molecule has 0 atom stereocenters. The molecule has 1 N–H and O–H groups in total. The van der Waals surface area contributed by atoms with Crippen molar-refractivity contribution in [2.24, 2.45) is 11.3 Å². The molecule has 0 unspecified atom stereocenters. The fourth-order valence-corrected chi connectivity index (χ4v) is 0.954. The Labute approximate surface area is 87.6 Å². The summed E-state index contributed by atoms with van der Waals surface area (Å²) < 4.78 is 0. The third-order valence-electron chi connectivity index (χ3n) is 2.66. The van der Waals surface area contributed by atoms with E-state index in [2.05, 4.69) is 39.1 Å².